The largest absolute Gasteiger partial charge is 0.297 e. The van der Waals surface area contributed by atoms with Crippen LogP contribution in [0.5, 0.6) is 0 Å². The molecule has 3 heteroatoms. The van der Waals surface area contributed by atoms with Crippen molar-refractivity contribution in [3.63, 3.8) is 0 Å². The number of hydrogen-bond acceptors (Lipinski definition) is 3. The van der Waals surface area contributed by atoms with Crippen molar-refractivity contribution in [2.45, 2.75) is 58.0 Å². The van der Waals surface area contributed by atoms with Crippen LogP contribution in [0.25, 0.3) is 0 Å². The Morgan fingerprint density at radius 3 is 2.20 bits per heavy atom. The van der Waals surface area contributed by atoms with Gasteiger partial charge in [-0.3, -0.25) is 16.2 Å². The molecule has 3 nitrogen and oxygen atoms in total. The standard InChI is InChI=1S/C17H29N3/c1-4-14-7-9-15(10-8-14)13-16(19-18)17(2,3)20-11-5-6-12-20/h7-10,16,19H,4-6,11-13,18H2,1-3H3. The third kappa shape index (κ3) is 3.40. The van der Waals surface area contributed by atoms with Gasteiger partial charge in [-0.05, 0) is 63.7 Å². The maximum atomic E-state index is 5.85. The Labute approximate surface area is 123 Å². The number of benzene rings is 1. The molecule has 1 aliphatic heterocycles. The lowest BCUT2D eigenvalue weighted by atomic mass is 9.88. The maximum Gasteiger partial charge on any atom is 0.0429 e. The van der Waals surface area contributed by atoms with Crippen LogP contribution >= 0.6 is 0 Å². The number of aryl methyl sites for hydroxylation is 1. The lowest BCUT2D eigenvalue weighted by Gasteiger charge is -2.42. The molecule has 2 rings (SSSR count). The van der Waals surface area contributed by atoms with Crippen molar-refractivity contribution >= 4 is 0 Å². The van der Waals surface area contributed by atoms with Gasteiger partial charge in [-0.25, -0.2) is 0 Å². The van der Waals surface area contributed by atoms with Crippen LogP contribution in [0.15, 0.2) is 24.3 Å². The summed E-state index contributed by atoms with van der Waals surface area (Å²) >= 11 is 0. The SMILES string of the molecule is CCc1ccc(CC(NN)C(C)(C)N2CCCC2)cc1. The average molecular weight is 275 g/mol. The van der Waals surface area contributed by atoms with Gasteiger partial charge in [0.2, 0.25) is 0 Å². The zero-order chi connectivity index (χ0) is 14.6. The smallest absolute Gasteiger partial charge is 0.0429 e. The Morgan fingerprint density at radius 2 is 1.70 bits per heavy atom. The summed E-state index contributed by atoms with van der Waals surface area (Å²) in [6.07, 6.45) is 4.69. The molecule has 1 saturated heterocycles. The van der Waals surface area contributed by atoms with E-state index in [0.29, 0.717) is 0 Å². The predicted octanol–water partition coefficient (Wildman–Crippen LogP) is 2.50. The normalized spacial score (nSPS) is 18.4. The molecule has 1 fully saturated rings. The number of nitrogens with one attached hydrogen (secondary N) is 1. The van der Waals surface area contributed by atoms with E-state index in [2.05, 4.69) is 55.4 Å². The fourth-order valence-corrected chi connectivity index (χ4v) is 3.17. The summed E-state index contributed by atoms with van der Waals surface area (Å²) in [7, 11) is 0. The Hall–Kier alpha value is -0.900. The molecular formula is C17H29N3. The molecule has 0 amide bonds. The second-order valence-electron chi connectivity index (χ2n) is 6.44. The molecule has 0 aliphatic carbocycles. The highest BCUT2D eigenvalue weighted by Crippen LogP contribution is 2.26. The van der Waals surface area contributed by atoms with Gasteiger partial charge in [0.05, 0.1) is 0 Å². The van der Waals surface area contributed by atoms with Gasteiger partial charge in [-0.15, -0.1) is 0 Å². The summed E-state index contributed by atoms with van der Waals surface area (Å²) in [5.74, 6) is 5.85. The molecule has 1 aromatic carbocycles. The van der Waals surface area contributed by atoms with E-state index in [1.165, 1.54) is 37.1 Å². The summed E-state index contributed by atoms with van der Waals surface area (Å²) in [6, 6.07) is 9.21. The molecule has 1 unspecified atom stereocenters. The summed E-state index contributed by atoms with van der Waals surface area (Å²) < 4.78 is 0. The number of hydrogen-bond donors (Lipinski definition) is 2. The summed E-state index contributed by atoms with van der Waals surface area (Å²) in [6.45, 7) is 9.20. The molecular weight excluding hydrogens is 246 g/mol. The van der Waals surface area contributed by atoms with Gasteiger partial charge < -0.3 is 0 Å². The Bertz CT molecular complexity index is 405. The molecule has 20 heavy (non-hydrogen) atoms. The first-order valence-corrected chi connectivity index (χ1v) is 7.87. The van der Waals surface area contributed by atoms with Crippen molar-refractivity contribution in [2.24, 2.45) is 5.84 Å². The number of hydrazine groups is 1. The van der Waals surface area contributed by atoms with Gasteiger partial charge in [-0.1, -0.05) is 31.2 Å². The van der Waals surface area contributed by atoms with Crippen molar-refractivity contribution in [1.29, 1.82) is 0 Å². The second-order valence-corrected chi connectivity index (χ2v) is 6.44. The number of nitrogens with zero attached hydrogens (tertiary/aromatic N) is 1. The predicted molar refractivity (Wildman–Crippen MR) is 85.5 cm³/mol. The fraction of sp³-hybridized carbons (Fsp3) is 0.647. The van der Waals surface area contributed by atoms with Gasteiger partial charge >= 0.3 is 0 Å². The van der Waals surface area contributed by atoms with E-state index in [4.69, 9.17) is 5.84 Å². The third-order valence-corrected chi connectivity index (χ3v) is 4.85. The first-order chi connectivity index (χ1) is 9.57. The summed E-state index contributed by atoms with van der Waals surface area (Å²) in [5, 5.41) is 0. The van der Waals surface area contributed by atoms with Crippen LogP contribution < -0.4 is 11.3 Å². The number of rotatable bonds is 6. The minimum absolute atomic E-state index is 0.0919. The molecule has 3 N–H and O–H groups in total. The van der Waals surface area contributed by atoms with E-state index in [-0.39, 0.29) is 11.6 Å². The molecule has 0 aromatic heterocycles. The molecule has 1 atom stereocenters. The van der Waals surface area contributed by atoms with Crippen molar-refractivity contribution in [3.05, 3.63) is 35.4 Å². The highest BCUT2D eigenvalue weighted by atomic mass is 15.3. The van der Waals surface area contributed by atoms with E-state index in [1.807, 2.05) is 0 Å². The zero-order valence-corrected chi connectivity index (χ0v) is 13.2. The number of likely N-dealkylation sites (tertiary alicyclic amines) is 1. The third-order valence-electron chi connectivity index (χ3n) is 4.85. The van der Waals surface area contributed by atoms with E-state index in [1.54, 1.807) is 0 Å². The fourth-order valence-electron chi connectivity index (χ4n) is 3.17. The van der Waals surface area contributed by atoms with Crippen LogP contribution in [0, 0.1) is 0 Å². The molecule has 112 valence electrons. The minimum atomic E-state index is 0.0919. The monoisotopic (exact) mass is 275 g/mol. The van der Waals surface area contributed by atoms with E-state index in [9.17, 15) is 0 Å². The van der Waals surface area contributed by atoms with Crippen molar-refractivity contribution < 1.29 is 0 Å². The van der Waals surface area contributed by atoms with Gasteiger partial charge in [0, 0.05) is 11.6 Å². The molecule has 1 heterocycles. The van der Waals surface area contributed by atoms with Crippen LogP contribution in [0.4, 0.5) is 0 Å². The van der Waals surface area contributed by atoms with Crippen LogP contribution in [0.2, 0.25) is 0 Å². The van der Waals surface area contributed by atoms with Gasteiger partial charge in [0.1, 0.15) is 0 Å². The summed E-state index contributed by atoms with van der Waals surface area (Å²) in [5.41, 5.74) is 5.90. The van der Waals surface area contributed by atoms with Crippen LogP contribution in [-0.2, 0) is 12.8 Å². The van der Waals surface area contributed by atoms with E-state index in [0.717, 1.165) is 12.8 Å². The lowest BCUT2D eigenvalue weighted by Crippen LogP contribution is -2.59. The maximum absolute atomic E-state index is 5.85. The molecule has 0 spiro atoms. The Morgan fingerprint density at radius 1 is 1.15 bits per heavy atom. The first kappa shape index (κ1) is 15.5. The Kier molecular flexibility index (Phi) is 5.19. The molecule has 0 radical (unpaired) electrons. The van der Waals surface area contributed by atoms with Crippen LogP contribution in [-0.4, -0.2) is 29.6 Å². The summed E-state index contributed by atoms with van der Waals surface area (Å²) in [4.78, 5) is 2.57. The van der Waals surface area contributed by atoms with Crippen molar-refractivity contribution in [1.82, 2.24) is 10.3 Å². The highest BCUT2D eigenvalue weighted by molar-refractivity contribution is 5.24. The molecule has 0 saturated carbocycles. The number of nitrogens with two attached hydrogens (primary N) is 1. The quantitative estimate of drug-likeness (QED) is 0.619. The van der Waals surface area contributed by atoms with Crippen molar-refractivity contribution in [3.8, 4) is 0 Å². The average Bonchev–Trinajstić information content (AvgIpc) is 3.00. The van der Waals surface area contributed by atoms with E-state index < -0.39 is 0 Å². The topological polar surface area (TPSA) is 41.3 Å². The van der Waals surface area contributed by atoms with Gasteiger partial charge in [0.15, 0.2) is 0 Å². The molecule has 0 bridgehead atoms. The minimum Gasteiger partial charge on any atom is -0.297 e. The lowest BCUT2D eigenvalue weighted by molar-refractivity contribution is 0.106. The second kappa shape index (κ2) is 6.70. The highest BCUT2D eigenvalue weighted by Gasteiger charge is 2.36. The van der Waals surface area contributed by atoms with Crippen molar-refractivity contribution in [2.75, 3.05) is 13.1 Å². The van der Waals surface area contributed by atoms with Crippen LogP contribution in [0.3, 0.4) is 0 Å². The van der Waals surface area contributed by atoms with Gasteiger partial charge in [-0.2, -0.15) is 0 Å². The van der Waals surface area contributed by atoms with Crippen LogP contribution in [0.1, 0.15) is 44.7 Å². The molecule has 1 aromatic rings. The molecule has 1 aliphatic rings. The van der Waals surface area contributed by atoms with E-state index >= 15 is 0 Å². The van der Waals surface area contributed by atoms with Gasteiger partial charge in [0.25, 0.3) is 0 Å². The zero-order valence-electron chi connectivity index (χ0n) is 13.2. The Balaban J connectivity index is 2.06. The first-order valence-electron chi connectivity index (χ1n) is 7.87.